The molecule has 1 fully saturated rings. The molecule has 1 saturated carbocycles. The Balaban J connectivity index is 1.93. The number of carbonyl (C=O) groups excluding carboxylic acids is 1. The van der Waals surface area contributed by atoms with E-state index in [0.29, 0.717) is 24.6 Å². The molecule has 0 bridgehead atoms. The average molecular weight is 296 g/mol. The lowest BCUT2D eigenvalue weighted by atomic mass is 9.90. The maximum Gasteiger partial charge on any atom is 0.329 e. The van der Waals surface area contributed by atoms with Gasteiger partial charge in [-0.15, -0.1) is 0 Å². The first-order valence-electron chi connectivity index (χ1n) is 7.10. The predicted octanol–water partition coefficient (Wildman–Crippen LogP) is 1.35. The van der Waals surface area contributed by atoms with Crippen LogP contribution in [0.1, 0.15) is 50.2 Å². The normalized spacial score (nSPS) is 17.8. The number of aryl methyl sites for hydroxylation is 1. The van der Waals surface area contributed by atoms with Crippen molar-refractivity contribution in [2.24, 2.45) is 0 Å². The Morgan fingerprint density at radius 3 is 2.48 bits per heavy atom. The summed E-state index contributed by atoms with van der Waals surface area (Å²) >= 11 is 0. The van der Waals surface area contributed by atoms with Crippen molar-refractivity contribution in [3.8, 4) is 0 Å². The Bertz CT molecular complexity index is 506. The van der Waals surface area contributed by atoms with E-state index in [1.54, 1.807) is 6.92 Å². The van der Waals surface area contributed by atoms with Gasteiger partial charge >= 0.3 is 12.0 Å². The molecule has 2 amide bonds. The SMILES string of the molecule is Cc1nc(CNC(=O)NC2(C(=O)O)CCCCCC2)no1. The number of urea groups is 1. The molecule has 2 rings (SSSR count). The van der Waals surface area contributed by atoms with Crippen molar-refractivity contribution in [2.75, 3.05) is 0 Å². The molecule has 8 nitrogen and oxygen atoms in total. The van der Waals surface area contributed by atoms with Gasteiger partial charge in [0, 0.05) is 6.92 Å². The standard InChI is InChI=1S/C13H20N4O4/c1-9-15-10(17-21-9)8-14-12(20)16-13(11(18)19)6-4-2-3-5-7-13/h2-8H2,1H3,(H,18,19)(H2,14,16,20). The lowest BCUT2D eigenvalue weighted by Crippen LogP contribution is -2.56. The van der Waals surface area contributed by atoms with Gasteiger partial charge in [-0.3, -0.25) is 0 Å². The van der Waals surface area contributed by atoms with Crippen LogP contribution >= 0.6 is 0 Å². The van der Waals surface area contributed by atoms with E-state index in [0.717, 1.165) is 25.7 Å². The van der Waals surface area contributed by atoms with Gasteiger partial charge in [0.05, 0.1) is 6.54 Å². The average Bonchev–Trinajstić information content (AvgIpc) is 2.71. The van der Waals surface area contributed by atoms with E-state index in [4.69, 9.17) is 4.52 Å². The Morgan fingerprint density at radius 1 is 1.29 bits per heavy atom. The van der Waals surface area contributed by atoms with Gasteiger partial charge in [0.15, 0.2) is 5.82 Å². The summed E-state index contributed by atoms with van der Waals surface area (Å²) in [6.07, 6.45) is 4.52. The summed E-state index contributed by atoms with van der Waals surface area (Å²) in [7, 11) is 0. The van der Waals surface area contributed by atoms with Crippen LogP contribution in [0.15, 0.2) is 4.52 Å². The monoisotopic (exact) mass is 296 g/mol. The lowest BCUT2D eigenvalue weighted by Gasteiger charge is -2.29. The van der Waals surface area contributed by atoms with Crippen LogP contribution in [0.3, 0.4) is 0 Å². The minimum absolute atomic E-state index is 0.0961. The first kappa shape index (κ1) is 15.3. The molecule has 0 aliphatic heterocycles. The highest BCUT2D eigenvalue weighted by atomic mass is 16.5. The third-order valence-electron chi connectivity index (χ3n) is 3.70. The van der Waals surface area contributed by atoms with Crippen molar-refractivity contribution in [1.82, 2.24) is 20.8 Å². The molecule has 116 valence electrons. The summed E-state index contributed by atoms with van der Waals surface area (Å²) in [5.41, 5.74) is -1.17. The Labute approximate surface area is 122 Å². The van der Waals surface area contributed by atoms with Gasteiger partial charge in [0.2, 0.25) is 5.89 Å². The maximum atomic E-state index is 11.9. The number of carboxylic acids is 1. The van der Waals surface area contributed by atoms with Gasteiger partial charge in [-0.05, 0) is 12.8 Å². The second-order valence-electron chi connectivity index (χ2n) is 5.34. The van der Waals surface area contributed by atoms with Crippen LogP contribution in [0.5, 0.6) is 0 Å². The molecule has 0 saturated heterocycles. The number of nitrogens with zero attached hydrogens (tertiary/aromatic N) is 2. The summed E-state index contributed by atoms with van der Waals surface area (Å²) in [6.45, 7) is 1.75. The van der Waals surface area contributed by atoms with Crippen molar-refractivity contribution in [3.63, 3.8) is 0 Å². The topological polar surface area (TPSA) is 117 Å². The first-order chi connectivity index (χ1) is 10.0. The van der Waals surface area contributed by atoms with Crippen LogP contribution in [0.2, 0.25) is 0 Å². The summed E-state index contributed by atoms with van der Waals surface area (Å²) in [5.74, 6) is -0.208. The second-order valence-corrected chi connectivity index (χ2v) is 5.34. The van der Waals surface area contributed by atoms with Crippen molar-refractivity contribution in [3.05, 3.63) is 11.7 Å². The number of rotatable bonds is 4. The molecule has 1 heterocycles. The summed E-state index contributed by atoms with van der Waals surface area (Å²) in [6, 6.07) is -0.526. The number of aliphatic carboxylic acids is 1. The van der Waals surface area contributed by atoms with E-state index in [1.165, 1.54) is 0 Å². The summed E-state index contributed by atoms with van der Waals surface area (Å²) < 4.78 is 4.79. The number of hydrogen-bond donors (Lipinski definition) is 3. The van der Waals surface area contributed by atoms with E-state index in [9.17, 15) is 14.7 Å². The van der Waals surface area contributed by atoms with Gasteiger partial charge in [-0.1, -0.05) is 30.8 Å². The highest BCUT2D eigenvalue weighted by Crippen LogP contribution is 2.27. The van der Waals surface area contributed by atoms with Crippen LogP contribution in [0.25, 0.3) is 0 Å². The molecule has 0 radical (unpaired) electrons. The number of nitrogens with one attached hydrogen (secondary N) is 2. The second kappa shape index (κ2) is 6.55. The van der Waals surface area contributed by atoms with E-state index in [2.05, 4.69) is 20.8 Å². The Morgan fingerprint density at radius 2 is 1.95 bits per heavy atom. The number of hydrogen-bond acceptors (Lipinski definition) is 5. The Kier molecular flexibility index (Phi) is 4.77. The number of carbonyl (C=O) groups is 2. The molecule has 1 aromatic heterocycles. The van der Waals surface area contributed by atoms with Crippen LogP contribution in [0.4, 0.5) is 4.79 Å². The van der Waals surface area contributed by atoms with Gasteiger partial charge in [-0.25, -0.2) is 9.59 Å². The van der Waals surface area contributed by atoms with E-state index in [-0.39, 0.29) is 6.54 Å². The van der Waals surface area contributed by atoms with Gasteiger partial charge < -0.3 is 20.3 Å². The highest BCUT2D eigenvalue weighted by molar-refractivity contribution is 5.86. The molecule has 0 atom stereocenters. The highest BCUT2D eigenvalue weighted by Gasteiger charge is 2.40. The number of carboxylic acid groups (broad SMARTS) is 1. The number of aromatic nitrogens is 2. The van der Waals surface area contributed by atoms with Crippen LogP contribution < -0.4 is 10.6 Å². The molecule has 1 aromatic rings. The van der Waals surface area contributed by atoms with Crippen molar-refractivity contribution in [1.29, 1.82) is 0 Å². The molecule has 3 N–H and O–H groups in total. The fourth-order valence-corrected chi connectivity index (χ4v) is 2.56. The van der Waals surface area contributed by atoms with Crippen molar-refractivity contribution >= 4 is 12.0 Å². The summed E-state index contributed by atoms with van der Waals surface area (Å²) in [5, 5.41) is 18.3. The third-order valence-corrected chi connectivity index (χ3v) is 3.70. The smallest absolute Gasteiger partial charge is 0.329 e. The van der Waals surface area contributed by atoms with Gasteiger partial charge in [-0.2, -0.15) is 4.98 Å². The van der Waals surface area contributed by atoms with Crippen LogP contribution in [-0.4, -0.2) is 32.8 Å². The molecule has 0 unspecified atom stereocenters. The molecule has 8 heteroatoms. The molecule has 0 spiro atoms. The molecule has 0 aromatic carbocycles. The van der Waals surface area contributed by atoms with Gasteiger partial charge in [0.1, 0.15) is 5.54 Å². The van der Waals surface area contributed by atoms with Crippen LogP contribution in [0, 0.1) is 6.92 Å². The van der Waals surface area contributed by atoms with Crippen molar-refractivity contribution in [2.45, 2.75) is 57.5 Å². The number of amides is 2. The maximum absolute atomic E-state index is 11.9. The minimum atomic E-state index is -1.17. The Hall–Kier alpha value is -2.12. The quantitative estimate of drug-likeness (QED) is 0.722. The summed E-state index contributed by atoms with van der Waals surface area (Å²) in [4.78, 5) is 27.5. The molecule has 1 aliphatic carbocycles. The first-order valence-corrected chi connectivity index (χ1v) is 7.10. The zero-order valence-electron chi connectivity index (χ0n) is 12.0. The fourth-order valence-electron chi connectivity index (χ4n) is 2.56. The van der Waals surface area contributed by atoms with Crippen molar-refractivity contribution < 1.29 is 19.2 Å². The van der Waals surface area contributed by atoms with E-state index in [1.807, 2.05) is 0 Å². The predicted molar refractivity (Wildman–Crippen MR) is 72.5 cm³/mol. The zero-order chi connectivity index (χ0) is 15.3. The van der Waals surface area contributed by atoms with Crippen LogP contribution in [-0.2, 0) is 11.3 Å². The minimum Gasteiger partial charge on any atom is -0.480 e. The molecule has 1 aliphatic rings. The lowest BCUT2D eigenvalue weighted by molar-refractivity contribution is -0.145. The molecule has 21 heavy (non-hydrogen) atoms. The zero-order valence-corrected chi connectivity index (χ0v) is 12.0. The largest absolute Gasteiger partial charge is 0.480 e. The van der Waals surface area contributed by atoms with E-state index < -0.39 is 17.5 Å². The fraction of sp³-hybridized carbons (Fsp3) is 0.692. The van der Waals surface area contributed by atoms with E-state index >= 15 is 0 Å². The van der Waals surface area contributed by atoms with Gasteiger partial charge in [0.25, 0.3) is 0 Å². The third kappa shape index (κ3) is 3.93. The molecular weight excluding hydrogens is 276 g/mol. The molecular formula is C13H20N4O4.